The van der Waals surface area contributed by atoms with Crippen LogP contribution in [0.1, 0.15) is 15.9 Å². The SMILES string of the molecule is Cc1cc(NN)ccc1C(=O)Nc1cncc(F)c1. The first-order valence-corrected chi connectivity index (χ1v) is 5.59. The molecule has 0 radical (unpaired) electrons. The molecule has 2 rings (SSSR count). The number of pyridine rings is 1. The molecule has 0 aliphatic carbocycles. The number of nitrogens with two attached hydrogens (primary N) is 1. The van der Waals surface area contributed by atoms with Gasteiger partial charge >= 0.3 is 0 Å². The minimum Gasteiger partial charge on any atom is -0.324 e. The zero-order valence-corrected chi connectivity index (χ0v) is 10.3. The van der Waals surface area contributed by atoms with Crippen molar-refractivity contribution in [3.63, 3.8) is 0 Å². The monoisotopic (exact) mass is 260 g/mol. The molecule has 6 heteroatoms. The molecule has 0 fully saturated rings. The van der Waals surface area contributed by atoms with Gasteiger partial charge in [-0.15, -0.1) is 0 Å². The minimum absolute atomic E-state index is 0.311. The van der Waals surface area contributed by atoms with E-state index in [0.29, 0.717) is 16.9 Å². The van der Waals surface area contributed by atoms with Crippen LogP contribution in [-0.4, -0.2) is 10.9 Å². The number of nitrogens with zero attached hydrogens (tertiary/aromatic N) is 1. The predicted molar refractivity (Wildman–Crippen MR) is 71.1 cm³/mol. The smallest absolute Gasteiger partial charge is 0.255 e. The Hall–Kier alpha value is -2.47. The largest absolute Gasteiger partial charge is 0.324 e. The van der Waals surface area contributed by atoms with E-state index in [2.05, 4.69) is 15.7 Å². The Labute approximate surface area is 109 Å². The lowest BCUT2D eigenvalue weighted by Crippen LogP contribution is -2.14. The fourth-order valence-corrected chi connectivity index (χ4v) is 1.69. The maximum absolute atomic E-state index is 13.0. The predicted octanol–water partition coefficient (Wildman–Crippen LogP) is 2.07. The quantitative estimate of drug-likeness (QED) is 0.583. The number of nitrogens with one attached hydrogen (secondary N) is 2. The van der Waals surface area contributed by atoms with Crippen molar-refractivity contribution in [3.05, 3.63) is 53.6 Å². The second-order valence-electron chi connectivity index (χ2n) is 4.02. The minimum atomic E-state index is -0.503. The highest BCUT2D eigenvalue weighted by Crippen LogP contribution is 2.16. The lowest BCUT2D eigenvalue weighted by atomic mass is 10.1. The summed E-state index contributed by atoms with van der Waals surface area (Å²) in [6.07, 6.45) is 2.45. The molecule has 98 valence electrons. The van der Waals surface area contributed by atoms with Gasteiger partial charge in [0.2, 0.25) is 0 Å². The van der Waals surface area contributed by atoms with E-state index in [1.54, 1.807) is 25.1 Å². The highest BCUT2D eigenvalue weighted by Gasteiger charge is 2.10. The van der Waals surface area contributed by atoms with Gasteiger partial charge in [-0.25, -0.2) is 4.39 Å². The van der Waals surface area contributed by atoms with Crippen LogP contribution in [0.15, 0.2) is 36.7 Å². The number of carbonyl (C=O) groups excluding carboxylic acids is 1. The van der Waals surface area contributed by atoms with Crippen LogP contribution in [0.2, 0.25) is 0 Å². The molecule has 0 unspecified atom stereocenters. The molecule has 19 heavy (non-hydrogen) atoms. The van der Waals surface area contributed by atoms with Gasteiger partial charge in [0.25, 0.3) is 5.91 Å². The third-order valence-electron chi connectivity index (χ3n) is 2.60. The van der Waals surface area contributed by atoms with Crippen molar-refractivity contribution in [1.82, 2.24) is 4.98 Å². The summed E-state index contributed by atoms with van der Waals surface area (Å²) in [7, 11) is 0. The number of rotatable bonds is 3. The van der Waals surface area contributed by atoms with E-state index in [1.165, 1.54) is 12.3 Å². The Morgan fingerprint density at radius 3 is 2.68 bits per heavy atom. The lowest BCUT2D eigenvalue weighted by molar-refractivity contribution is 0.102. The van der Waals surface area contributed by atoms with E-state index in [9.17, 15) is 9.18 Å². The molecular formula is C13H13FN4O. The number of nitrogen functional groups attached to an aromatic ring is 1. The number of aryl methyl sites for hydroxylation is 1. The van der Waals surface area contributed by atoms with Crippen LogP contribution in [0.25, 0.3) is 0 Å². The summed E-state index contributed by atoms with van der Waals surface area (Å²) in [5.41, 5.74) is 4.77. The van der Waals surface area contributed by atoms with Gasteiger partial charge < -0.3 is 10.7 Å². The molecule has 2 aromatic rings. The Morgan fingerprint density at radius 1 is 1.26 bits per heavy atom. The molecule has 0 spiro atoms. The molecule has 0 aliphatic rings. The number of hydrogen-bond acceptors (Lipinski definition) is 4. The third kappa shape index (κ3) is 3.05. The number of halogens is 1. The summed E-state index contributed by atoms with van der Waals surface area (Å²) in [5.74, 6) is 4.46. The van der Waals surface area contributed by atoms with Crippen LogP contribution in [0, 0.1) is 12.7 Å². The zero-order valence-electron chi connectivity index (χ0n) is 10.3. The van der Waals surface area contributed by atoms with Crippen molar-refractivity contribution in [2.45, 2.75) is 6.92 Å². The molecule has 0 atom stereocenters. The van der Waals surface area contributed by atoms with Crippen molar-refractivity contribution < 1.29 is 9.18 Å². The first-order valence-electron chi connectivity index (χ1n) is 5.59. The summed E-state index contributed by atoms with van der Waals surface area (Å²) >= 11 is 0. The summed E-state index contributed by atoms with van der Waals surface area (Å²) < 4.78 is 13.0. The van der Waals surface area contributed by atoms with Gasteiger partial charge in [-0.3, -0.25) is 15.6 Å². The molecule has 1 heterocycles. The number of aromatic nitrogens is 1. The number of carbonyl (C=O) groups is 1. The molecule has 1 aromatic carbocycles. The Kier molecular flexibility index (Phi) is 3.72. The van der Waals surface area contributed by atoms with Gasteiger partial charge in [0.15, 0.2) is 0 Å². The lowest BCUT2D eigenvalue weighted by Gasteiger charge is -2.09. The third-order valence-corrected chi connectivity index (χ3v) is 2.60. The van der Waals surface area contributed by atoms with E-state index in [1.807, 2.05) is 0 Å². The molecule has 1 aromatic heterocycles. The van der Waals surface area contributed by atoms with Crippen molar-refractivity contribution in [3.8, 4) is 0 Å². The topological polar surface area (TPSA) is 80.0 Å². The average Bonchev–Trinajstić information content (AvgIpc) is 2.38. The molecule has 1 amide bonds. The van der Waals surface area contributed by atoms with Crippen molar-refractivity contribution >= 4 is 17.3 Å². The van der Waals surface area contributed by atoms with Crippen LogP contribution in [-0.2, 0) is 0 Å². The number of hydrogen-bond donors (Lipinski definition) is 3. The summed E-state index contributed by atoms with van der Waals surface area (Å²) in [6.45, 7) is 1.79. The molecule has 0 saturated heterocycles. The molecular weight excluding hydrogens is 247 g/mol. The number of benzene rings is 1. The number of hydrazine groups is 1. The fourth-order valence-electron chi connectivity index (χ4n) is 1.69. The van der Waals surface area contributed by atoms with Crippen LogP contribution in [0.3, 0.4) is 0 Å². The normalized spacial score (nSPS) is 10.1. The van der Waals surface area contributed by atoms with Crippen molar-refractivity contribution in [2.24, 2.45) is 5.84 Å². The van der Waals surface area contributed by atoms with Crippen LogP contribution >= 0.6 is 0 Å². The zero-order chi connectivity index (χ0) is 13.8. The van der Waals surface area contributed by atoms with Crippen molar-refractivity contribution in [2.75, 3.05) is 10.7 Å². The summed E-state index contributed by atoms with van der Waals surface area (Å²) in [4.78, 5) is 15.7. The Balaban J connectivity index is 2.20. The molecule has 0 bridgehead atoms. The molecule has 4 N–H and O–H groups in total. The number of anilines is 2. The van der Waals surface area contributed by atoms with Gasteiger partial charge in [0, 0.05) is 17.3 Å². The van der Waals surface area contributed by atoms with E-state index in [0.717, 1.165) is 11.8 Å². The summed E-state index contributed by atoms with van der Waals surface area (Å²) in [6, 6.07) is 6.28. The number of amides is 1. The first-order chi connectivity index (χ1) is 9.10. The standard InChI is InChI=1S/C13H13FN4O/c1-8-4-10(18-15)2-3-12(8)13(19)17-11-5-9(14)6-16-7-11/h2-7,18H,15H2,1H3,(H,17,19). The van der Waals surface area contributed by atoms with E-state index < -0.39 is 5.82 Å². The second kappa shape index (κ2) is 5.45. The molecule has 5 nitrogen and oxygen atoms in total. The van der Waals surface area contributed by atoms with Crippen molar-refractivity contribution in [1.29, 1.82) is 0 Å². The van der Waals surface area contributed by atoms with Gasteiger partial charge in [-0.1, -0.05) is 0 Å². The van der Waals surface area contributed by atoms with E-state index in [4.69, 9.17) is 5.84 Å². The maximum Gasteiger partial charge on any atom is 0.255 e. The van der Waals surface area contributed by atoms with Crippen LogP contribution < -0.4 is 16.6 Å². The highest BCUT2D eigenvalue weighted by atomic mass is 19.1. The first kappa shape index (κ1) is 13.0. The fraction of sp³-hybridized carbons (Fsp3) is 0.0769. The Bertz CT molecular complexity index is 615. The van der Waals surface area contributed by atoms with Crippen LogP contribution in [0.4, 0.5) is 15.8 Å². The second-order valence-corrected chi connectivity index (χ2v) is 4.02. The highest BCUT2D eigenvalue weighted by molar-refractivity contribution is 6.05. The van der Waals surface area contributed by atoms with Crippen LogP contribution in [0.5, 0.6) is 0 Å². The van der Waals surface area contributed by atoms with Gasteiger partial charge in [0.1, 0.15) is 5.82 Å². The van der Waals surface area contributed by atoms with Gasteiger partial charge in [-0.2, -0.15) is 0 Å². The Morgan fingerprint density at radius 2 is 2.05 bits per heavy atom. The van der Waals surface area contributed by atoms with Gasteiger partial charge in [0.05, 0.1) is 18.1 Å². The molecule has 0 saturated carbocycles. The average molecular weight is 260 g/mol. The molecule has 0 aliphatic heterocycles. The maximum atomic E-state index is 13.0. The van der Waals surface area contributed by atoms with E-state index >= 15 is 0 Å². The van der Waals surface area contributed by atoms with E-state index in [-0.39, 0.29) is 5.91 Å². The van der Waals surface area contributed by atoms with Gasteiger partial charge in [-0.05, 0) is 30.7 Å². The summed E-state index contributed by atoms with van der Waals surface area (Å²) in [5, 5.41) is 2.58.